The summed E-state index contributed by atoms with van der Waals surface area (Å²) in [6.45, 7) is 5.64. The third kappa shape index (κ3) is 5.81. The molecule has 35 heavy (non-hydrogen) atoms. The zero-order valence-corrected chi connectivity index (χ0v) is 21.9. The van der Waals surface area contributed by atoms with Gasteiger partial charge in [0.15, 0.2) is 0 Å². The summed E-state index contributed by atoms with van der Waals surface area (Å²) >= 11 is 6.17. The molecule has 2 fully saturated rings. The van der Waals surface area contributed by atoms with E-state index < -0.39 is 16.1 Å². The van der Waals surface area contributed by atoms with Crippen LogP contribution in [0.25, 0.3) is 0 Å². The first-order valence-corrected chi connectivity index (χ1v) is 14.2. The summed E-state index contributed by atoms with van der Waals surface area (Å²) in [5.41, 5.74) is 2.68. The summed E-state index contributed by atoms with van der Waals surface area (Å²) in [5, 5.41) is 0.710. The van der Waals surface area contributed by atoms with Gasteiger partial charge in [0.05, 0.1) is 5.75 Å². The fourth-order valence-corrected chi connectivity index (χ4v) is 6.94. The Labute approximate surface area is 212 Å². The number of piperazine rings is 1. The average molecular weight is 522 g/mol. The van der Waals surface area contributed by atoms with E-state index in [1.165, 1.54) is 22.0 Å². The Kier molecular flexibility index (Phi) is 8.03. The van der Waals surface area contributed by atoms with Crippen LogP contribution in [0.4, 0.5) is 10.1 Å². The molecule has 2 aliphatic heterocycles. The van der Waals surface area contributed by atoms with Crippen LogP contribution in [0, 0.1) is 12.7 Å². The number of carbonyl (C=O) groups is 1. The second kappa shape index (κ2) is 10.8. The number of amides is 1. The largest absolute Gasteiger partial charge is 0.357 e. The first kappa shape index (κ1) is 25.9. The van der Waals surface area contributed by atoms with E-state index in [4.69, 9.17) is 11.6 Å². The minimum absolute atomic E-state index is 0.0640. The third-order valence-corrected chi connectivity index (χ3v) is 9.36. The quantitative estimate of drug-likeness (QED) is 0.564. The van der Waals surface area contributed by atoms with Crippen molar-refractivity contribution in [2.24, 2.45) is 0 Å². The van der Waals surface area contributed by atoms with Crippen molar-refractivity contribution in [3.63, 3.8) is 0 Å². The van der Waals surface area contributed by atoms with E-state index in [0.29, 0.717) is 43.5 Å². The van der Waals surface area contributed by atoms with Crippen LogP contribution in [0.1, 0.15) is 43.2 Å². The average Bonchev–Trinajstić information content (AvgIpc) is 2.83. The molecule has 2 aliphatic rings. The molecule has 2 aromatic rings. The normalized spacial score (nSPS) is 20.3. The van der Waals surface area contributed by atoms with E-state index in [0.717, 1.165) is 24.1 Å². The van der Waals surface area contributed by atoms with Crippen LogP contribution in [0.2, 0.25) is 5.02 Å². The first-order chi connectivity index (χ1) is 16.7. The lowest BCUT2D eigenvalue weighted by Gasteiger charge is -2.44. The lowest BCUT2D eigenvalue weighted by molar-refractivity contribution is -0.134. The van der Waals surface area contributed by atoms with E-state index in [2.05, 4.69) is 6.07 Å². The van der Waals surface area contributed by atoms with E-state index in [1.807, 2.05) is 41.8 Å². The van der Waals surface area contributed by atoms with Crippen molar-refractivity contribution in [3.05, 3.63) is 64.4 Å². The highest BCUT2D eigenvalue weighted by Crippen LogP contribution is 2.32. The van der Waals surface area contributed by atoms with Gasteiger partial charge in [-0.2, -0.15) is 4.31 Å². The monoisotopic (exact) mass is 521 g/mol. The number of carbonyl (C=O) groups excluding carboxylic acids is 1. The Morgan fingerprint density at radius 2 is 1.83 bits per heavy atom. The molecule has 6 nitrogen and oxygen atoms in total. The molecule has 0 radical (unpaired) electrons. The van der Waals surface area contributed by atoms with Crippen molar-refractivity contribution >= 4 is 33.2 Å². The maximum Gasteiger partial charge on any atom is 0.246 e. The number of anilines is 1. The first-order valence-electron chi connectivity index (χ1n) is 12.2. The van der Waals surface area contributed by atoms with Crippen molar-refractivity contribution < 1.29 is 17.6 Å². The molecule has 1 unspecified atom stereocenters. The van der Waals surface area contributed by atoms with Crippen LogP contribution < -0.4 is 4.90 Å². The van der Waals surface area contributed by atoms with Crippen molar-refractivity contribution in [1.82, 2.24) is 9.21 Å². The number of hydrogen-bond donors (Lipinski definition) is 0. The second-order valence-electron chi connectivity index (χ2n) is 9.47. The summed E-state index contributed by atoms with van der Waals surface area (Å²) < 4.78 is 40.9. The molecular weight excluding hydrogens is 489 g/mol. The zero-order chi connectivity index (χ0) is 25.2. The van der Waals surface area contributed by atoms with Gasteiger partial charge in [0.2, 0.25) is 15.9 Å². The Balaban J connectivity index is 1.55. The highest BCUT2D eigenvalue weighted by molar-refractivity contribution is 7.89. The molecular formula is C26H33ClFN3O3S. The molecule has 0 saturated carbocycles. The minimum Gasteiger partial charge on any atom is -0.357 e. The van der Waals surface area contributed by atoms with Crippen LogP contribution in [0.3, 0.4) is 0 Å². The number of benzene rings is 2. The van der Waals surface area contributed by atoms with E-state index in [9.17, 15) is 17.6 Å². The second-order valence-corrected chi connectivity index (χ2v) is 12.0. The van der Waals surface area contributed by atoms with Crippen LogP contribution in [0.15, 0.2) is 42.5 Å². The molecule has 190 valence electrons. The zero-order valence-electron chi connectivity index (χ0n) is 20.3. The Morgan fingerprint density at radius 1 is 1.09 bits per heavy atom. The Hall–Kier alpha value is -2.16. The number of hydrogen-bond acceptors (Lipinski definition) is 4. The number of aryl methyl sites for hydroxylation is 1. The summed E-state index contributed by atoms with van der Waals surface area (Å²) in [4.78, 5) is 17.6. The van der Waals surface area contributed by atoms with Crippen molar-refractivity contribution in [1.29, 1.82) is 0 Å². The minimum atomic E-state index is -3.44. The predicted octanol–water partition coefficient (Wildman–Crippen LogP) is 4.42. The van der Waals surface area contributed by atoms with Crippen LogP contribution in [-0.2, 0) is 14.8 Å². The van der Waals surface area contributed by atoms with Gasteiger partial charge in [-0.15, -0.1) is 0 Å². The molecule has 2 heterocycles. The number of sulfonamides is 1. The lowest BCUT2D eigenvalue weighted by atomic mass is 9.89. The standard InChI is InChI=1S/C26H33ClFN3O3S/c1-3-15-35(33,34)30-13-14-31(24-8-7-23(28)16-19(24)2)25(18-30)26(32)29-11-9-20(10-12-29)21-5-4-6-22(27)17-21/h4-8,16-17,20,25H,3,9-15,18H2,1-2H3. The molecule has 0 aliphatic carbocycles. The number of rotatable bonds is 6. The van der Waals surface area contributed by atoms with Gasteiger partial charge in [0.1, 0.15) is 11.9 Å². The molecule has 0 aromatic heterocycles. The van der Waals surface area contributed by atoms with Gasteiger partial charge in [-0.3, -0.25) is 4.79 Å². The molecule has 2 aromatic carbocycles. The highest BCUT2D eigenvalue weighted by Gasteiger charge is 2.40. The maximum atomic E-state index is 13.8. The molecule has 1 atom stereocenters. The summed E-state index contributed by atoms with van der Waals surface area (Å²) in [6.07, 6.45) is 2.17. The SMILES string of the molecule is CCCS(=O)(=O)N1CCN(c2ccc(F)cc2C)C(C(=O)N2CCC(c3cccc(Cl)c3)CC2)C1. The number of likely N-dealkylation sites (tertiary alicyclic amines) is 1. The Morgan fingerprint density at radius 3 is 2.49 bits per heavy atom. The van der Waals surface area contributed by atoms with Gasteiger partial charge >= 0.3 is 0 Å². The van der Waals surface area contributed by atoms with Crippen molar-refractivity contribution in [2.75, 3.05) is 43.4 Å². The fourth-order valence-electron chi connectivity index (χ4n) is 5.24. The fraction of sp³-hybridized carbons (Fsp3) is 0.500. The highest BCUT2D eigenvalue weighted by atomic mass is 35.5. The van der Waals surface area contributed by atoms with E-state index in [-0.39, 0.29) is 24.0 Å². The molecule has 0 N–H and O–H groups in total. The molecule has 9 heteroatoms. The maximum absolute atomic E-state index is 13.8. The number of nitrogens with zero attached hydrogens (tertiary/aromatic N) is 3. The van der Waals surface area contributed by atoms with Gasteiger partial charge in [-0.25, -0.2) is 12.8 Å². The van der Waals surface area contributed by atoms with Crippen molar-refractivity contribution in [2.45, 2.75) is 45.1 Å². The van der Waals surface area contributed by atoms with Gasteiger partial charge < -0.3 is 9.80 Å². The van der Waals surface area contributed by atoms with Gasteiger partial charge in [0.25, 0.3) is 0 Å². The predicted molar refractivity (Wildman–Crippen MR) is 138 cm³/mol. The molecule has 2 saturated heterocycles. The van der Waals surface area contributed by atoms with Crippen LogP contribution >= 0.6 is 11.6 Å². The van der Waals surface area contributed by atoms with Crippen LogP contribution in [0.5, 0.6) is 0 Å². The summed E-state index contributed by atoms with van der Waals surface area (Å²) in [7, 11) is -3.44. The smallest absolute Gasteiger partial charge is 0.246 e. The molecule has 4 rings (SSSR count). The lowest BCUT2D eigenvalue weighted by Crippen LogP contribution is -2.61. The van der Waals surface area contributed by atoms with Crippen LogP contribution in [-0.4, -0.2) is 68.0 Å². The topological polar surface area (TPSA) is 60.9 Å². The van der Waals surface area contributed by atoms with Crippen molar-refractivity contribution in [3.8, 4) is 0 Å². The summed E-state index contributed by atoms with van der Waals surface area (Å²) in [5.74, 6) is -0.00820. The number of piperidine rings is 1. The van der Waals surface area contributed by atoms with Gasteiger partial charge in [0, 0.05) is 43.4 Å². The Bertz CT molecular complexity index is 1170. The molecule has 0 bridgehead atoms. The summed E-state index contributed by atoms with van der Waals surface area (Å²) in [6, 6.07) is 11.7. The van der Waals surface area contributed by atoms with E-state index in [1.54, 1.807) is 6.07 Å². The van der Waals surface area contributed by atoms with E-state index >= 15 is 0 Å². The van der Waals surface area contributed by atoms with Gasteiger partial charge in [-0.1, -0.05) is 30.7 Å². The van der Waals surface area contributed by atoms with Gasteiger partial charge in [-0.05, 0) is 73.6 Å². The molecule has 0 spiro atoms. The number of halogens is 2. The third-order valence-electron chi connectivity index (χ3n) is 7.08. The molecule has 1 amide bonds.